The van der Waals surface area contributed by atoms with E-state index in [4.69, 9.17) is 5.73 Å². The average Bonchev–Trinajstić information content (AvgIpc) is 1.87. The largest absolute Gasteiger partial charge is 0.379 e. The van der Waals surface area contributed by atoms with Gasteiger partial charge in [0, 0.05) is 0 Å². The van der Waals surface area contributed by atoms with E-state index in [9.17, 15) is 5.11 Å². The Kier molecular flexibility index (Phi) is 6.51. The zero-order valence-electron chi connectivity index (χ0n) is 7.51. The molecule has 11 heavy (non-hydrogen) atoms. The van der Waals surface area contributed by atoms with Gasteiger partial charge in [0.15, 0.2) is 0 Å². The molecule has 0 saturated carbocycles. The molecule has 0 rings (SSSR count). The van der Waals surface area contributed by atoms with E-state index in [1.165, 1.54) is 0 Å². The van der Waals surface area contributed by atoms with Gasteiger partial charge in [-0.3, -0.25) is 5.32 Å². The minimum absolute atomic E-state index is 0.0541. The van der Waals surface area contributed by atoms with Crippen LogP contribution in [0, 0.1) is 0 Å². The topological polar surface area (TPSA) is 58.3 Å². The summed E-state index contributed by atoms with van der Waals surface area (Å²) in [6, 6.07) is 0. The summed E-state index contributed by atoms with van der Waals surface area (Å²) in [5.74, 6) is 0. The van der Waals surface area contributed by atoms with Crippen LogP contribution in [0.25, 0.3) is 0 Å². The number of rotatable bonds is 6. The molecule has 0 aromatic carbocycles. The Balaban J connectivity index is 3.32. The highest BCUT2D eigenvalue weighted by atomic mass is 16.3. The molecule has 0 saturated heterocycles. The minimum atomic E-state index is -0.429. The first-order chi connectivity index (χ1) is 5.20. The van der Waals surface area contributed by atoms with Crippen LogP contribution in [0.3, 0.4) is 0 Å². The first kappa shape index (κ1) is 10.9. The molecular formula is C8H20N2O. The van der Waals surface area contributed by atoms with E-state index in [2.05, 4.69) is 12.2 Å². The molecule has 0 aliphatic rings. The zero-order valence-corrected chi connectivity index (χ0v) is 7.51. The Morgan fingerprint density at radius 1 is 1.27 bits per heavy atom. The maximum atomic E-state index is 9.26. The second-order valence-corrected chi connectivity index (χ2v) is 2.87. The molecule has 3 nitrogen and oxygen atoms in total. The fraction of sp³-hybridized carbons (Fsp3) is 1.00. The van der Waals surface area contributed by atoms with Gasteiger partial charge in [0.25, 0.3) is 0 Å². The third kappa shape index (κ3) is 6.28. The number of hydrogen-bond acceptors (Lipinski definition) is 3. The molecule has 0 bridgehead atoms. The van der Waals surface area contributed by atoms with Crippen molar-refractivity contribution in [2.24, 2.45) is 5.73 Å². The van der Waals surface area contributed by atoms with E-state index in [0.29, 0.717) is 0 Å². The molecule has 0 aromatic rings. The number of aliphatic hydroxyl groups is 1. The highest BCUT2D eigenvalue weighted by Crippen LogP contribution is 1.95. The second kappa shape index (κ2) is 6.58. The first-order valence-corrected chi connectivity index (χ1v) is 4.40. The molecule has 2 atom stereocenters. The summed E-state index contributed by atoms with van der Waals surface area (Å²) in [4.78, 5) is 0. The molecule has 2 unspecified atom stereocenters. The molecule has 0 amide bonds. The summed E-state index contributed by atoms with van der Waals surface area (Å²) < 4.78 is 0. The fourth-order valence-electron chi connectivity index (χ4n) is 0.998. The van der Waals surface area contributed by atoms with Gasteiger partial charge in [0.05, 0.1) is 6.17 Å². The van der Waals surface area contributed by atoms with Crippen LogP contribution in [0.2, 0.25) is 0 Å². The highest BCUT2D eigenvalue weighted by molar-refractivity contribution is 4.60. The van der Waals surface area contributed by atoms with E-state index < -0.39 is 6.23 Å². The summed E-state index contributed by atoms with van der Waals surface area (Å²) in [7, 11) is 0. The van der Waals surface area contributed by atoms with Crippen molar-refractivity contribution in [1.29, 1.82) is 0 Å². The van der Waals surface area contributed by atoms with Crippen LogP contribution in [0.4, 0.5) is 0 Å². The van der Waals surface area contributed by atoms with Crippen LogP contribution in [0.15, 0.2) is 0 Å². The van der Waals surface area contributed by atoms with Crippen molar-refractivity contribution in [3.05, 3.63) is 0 Å². The average molecular weight is 160 g/mol. The number of aliphatic hydroxyl groups excluding tert-OH is 1. The van der Waals surface area contributed by atoms with Gasteiger partial charge in [-0.2, -0.15) is 0 Å². The van der Waals surface area contributed by atoms with E-state index in [1.807, 2.05) is 6.92 Å². The Morgan fingerprint density at radius 3 is 2.27 bits per heavy atom. The van der Waals surface area contributed by atoms with Crippen molar-refractivity contribution in [3.8, 4) is 0 Å². The van der Waals surface area contributed by atoms with Gasteiger partial charge in [0.1, 0.15) is 6.23 Å². The standard InChI is InChI=1S/C8H20N2O/c1-3-5-7(9)10-8(11)6-4-2/h7-8,10-11H,3-6,9H2,1-2H3. The van der Waals surface area contributed by atoms with Crippen molar-refractivity contribution in [3.63, 3.8) is 0 Å². The highest BCUT2D eigenvalue weighted by Gasteiger charge is 2.05. The SMILES string of the molecule is CCCC(N)NC(O)CCC. The van der Waals surface area contributed by atoms with Crippen LogP contribution < -0.4 is 11.1 Å². The van der Waals surface area contributed by atoms with Gasteiger partial charge in [-0.25, -0.2) is 0 Å². The van der Waals surface area contributed by atoms with Gasteiger partial charge in [-0.05, 0) is 12.8 Å². The quantitative estimate of drug-likeness (QED) is 0.503. The fourth-order valence-corrected chi connectivity index (χ4v) is 0.998. The molecule has 0 spiro atoms. The van der Waals surface area contributed by atoms with Crippen LogP contribution >= 0.6 is 0 Å². The predicted octanol–water partition coefficient (Wildman–Crippen LogP) is 0.779. The van der Waals surface area contributed by atoms with Crippen molar-refractivity contribution in [1.82, 2.24) is 5.32 Å². The van der Waals surface area contributed by atoms with E-state index >= 15 is 0 Å². The van der Waals surface area contributed by atoms with Gasteiger partial charge >= 0.3 is 0 Å². The molecule has 0 radical (unpaired) electrons. The Bertz CT molecular complexity index is 78.2. The lowest BCUT2D eigenvalue weighted by atomic mass is 10.2. The van der Waals surface area contributed by atoms with Crippen molar-refractivity contribution in [2.75, 3.05) is 0 Å². The lowest BCUT2D eigenvalue weighted by Crippen LogP contribution is -2.43. The number of nitrogens with one attached hydrogen (secondary N) is 1. The molecule has 0 aromatic heterocycles. The van der Waals surface area contributed by atoms with Gasteiger partial charge in [0.2, 0.25) is 0 Å². The maximum absolute atomic E-state index is 9.26. The molecular weight excluding hydrogens is 140 g/mol. The Morgan fingerprint density at radius 2 is 1.82 bits per heavy atom. The molecule has 68 valence electrons. The third-order valence-electron chi connectivity index (χ3n) is 1.57. The van der Waals surface area contributed by atoms with Crippen LogP contribution in [0.5, 0.6) is 0 Å². The lowest BCUT2D eigenvalue weighted by molar-refractivity contribution is 0.111. The molecule has 3 heteroatoms. The zero-order chi connectivity index (χ0) is 8.69. The van der Waals surface area contributed by atoms with E-state index in [0.717, 1.165) is 25.7 Å². The maximum Gasteiger partial charge on any atom is 0.106 e. The Labute approximate surface area is 69.0 Å². The lowest BCUT2D eigenvalue weighted by Gasteiger charge is -2.17. The summed E-state index contributed by atoms with van der Waals surface area (Å²) in [5.41, 5.74) is 5.64. The van der Waals surface area contributed by atoms with Gasteiger partial charge in [-0.15, -0.1) is 0 Å². The molecule has 0 aliphatic carbocycles. The third-order valence-corrected chi connectivity index (χ3v) is 1.57. The van der Waals surface area contributed by atoms with Gasteiger partial charge in [-0.1, -0.05) is 26.7 Å². The van der Waals surface area contributed by atoms with Crippen LogP contribution in [-0.2, 0) is 0 Å². The monoisotopic (exact) mass is 160 g/mol. The molecule has 0 heterocycles. The second-order valence-electron chi connectivity index (χ2n) is 2.87. The summed E-state index contributed by atoms with van der Waals surface area (Å²) in [6.45, 7) is 4.12. The first-order valence-electron chi connectivity index (χ1n) is 4.40. The summed E-state index contributed by atoms with van der Waals surface area (Å²) >= 11 is 0. The van der Waals surface area contributed by atoms with Crippen molar-refractivity contribution in [2.45, 2.75) is 51.9 Å². The van der Waals surface area contributed by atoms with E-state index in [-0.39, 0.29) is 6.17 Å². The molecule has 4 N–H and O–H groups in total. The van der Waals surface area contributed by atoms with E-state index in [1.54, 1.807) is 0 Å². The normalized spacial score (nSPS) is 16.4. The molecule has 0 fully saturated rings. The van der Waals surface area contributed by atoms with Gasteiger partial charge < -0.3 is 10.8 Å². The van der Waals surface area contributed by atoms with Crippen molar-refractivity contribution >= 4 is 0 Å². The van der Waals surface area contributed by atoms with Crippen LogP contribution in [-0.4, -0.2) is 17.5 Å². The van der Waals surface area contributed by atoms with Crippen molar-refractivity contribution < 1.29 is 5.11 Å². The molecule has 0 aliphatic heterocycles. The Hall–Kier alpha value is -0.120. The van der Waals surface area contributed by atoms with Crippen LogP contribution in [0.1, 0.15) is 39.5 Å². The predicted molar refractivity (Wildman–Crippen MR) is 46.9 cm³/mol. The minimum Gasteiger partial charge on any atom is -0.379 e. The number of hydrogen-bond donors (Lipinski definition) is 3. The summed E-state index contributed by atoms with van der Waals surface area (Å²) in [6.07, 6.45) is 3.24. The smallest absolute Gasteiger partial charge is 0.106 e. The number of nitrogens with two attached hydrogens (primary N) is 1. The summed E-state index contributed by atoms with van der Waals surface area (Å²) in [5, 5.41) is 12.2.